The molecule has 0 bridgehead atoms. The predicted molar refractivity (Wildman–Crippen MR) is 100 cm³/mol. The number of rotatable bonds is 8. The van der Waals surface area contributed by atoms with E-state index in [1.54, 1.807) is 18.5 Å². The monoisotopic (exact) mass is 418 g/mol. The molecule has 152 valence electrons. The number of esters is 1. The van der Waals surface area contributed by atoms with Gasteiger partial charge >= 0.3 is 5.97 Å². The molecule has 0 spiro atoms. The van der Waals surface area contributed by atoms with Crippen LogP contribution in [0.3, 0.4) is 0 Å². The van der Waals surface area contributed by atoms with Crippen LogP contribution in [0.4, 0.5) is 0 Å². The van der Waals surface area contributed by atoms with E-state index in [2.05, 4.69) is 15.1 Å². The number of carbonyl (C=O) groups excluding carboxylic acids is 1. The Morgan fingerprint density at radius 3 is 2.79 bits per heavy atom. The molecule has 0 atom stereocenters. The highest BCUT2D eigenvalue weighted by atomic mass is 32.2. The Labute approximate surface area is 166 Å². The first-order valence-corrected chi connectivity index (χ1v) is 10.0. The molecule has 2 heterocycles. The fourth-order valence-electron chi connectivity index (χ4n) is 2.46. The zero-order valence-electron chi connectivity index (χ0n) is 15.4. The summed E-state index contributed by atoms with van der Waals surface area (Å²) in [5, 5.41) is 8.98. The van der Waals surface area contributed by atoms with Crippen molar-refractivity contribution in [3.8, 4) is 17.1 Å². The summed E-state index contributed by atoms with van der Waals surface area (Å²) >= 11 is 0. The van der Waals surface area contributed by atoms with Gasteiger partial charge in [-0.25, -0.2) is 18.4 Å². The van der Waals surface area contributed by atoms with Gasteiger partial charge < -0.3 is 14.0 Å². The number of hydrogen-bond donors (Lipinski definition) is 1. The lowest BCUT2D eigenvalue weighted by molar-refractivity contribution is 0.0494. The van der Waals surface area contributed by atoms with Gasteiger partial charge in [-0.15, -0.1) is 0 Å². The van der Waals surface area contributed by atoms with E-state index in [1.165, 1.54) is 19.2 Å². The molecule has 0 aliphatic heterocycles. The molecule has 1 aromatic carbocycles. The Hall–Kier alpha value is -3.31. The Bertz CT molecular complexity index is 1100. The van der Waals surface area contributed by atoms with E-state index in [1.807, 2.05) is 6.07 Å². The number of primary sulfonamides is 1. The molecule has 0 saturated carbocycles. The first-order valence-electron chi connectivity index (χ1n) is 8.49. The standard InChI is InChI=1S/C18H18N4O6S/c1-26-15-7-6-13(29(19,24)25)10-14(15)18(23)27-9-3-5-16-21-17(22-28-16)12-4-2-8-20-11-12/h2,4,6-8,10-11H,3,5,9H2,1H3,(H2,19,24,25). The maximum absolute atomic E-state index is 12.3. The van der Waals surface area contributed by atoms with Crippen LogP contribution in [0.15, 0.2) is 52.1 Å². The zero-order valence-corrected chi connectivity index (χ0v) is 16.3. The Kier molecular flexibility index (Phi) is 6.20. The van der Waals surface area contributed by atoms with Crippen LogP contribution in [0.1, 0.15) is 22.7 Å². The highest BCUT2D eigenvalue weighted by molar-refractivity contribution is 7.89. The minimum Gasteiger partial charge on any atom is -0.496 e. The molecule has 11 heteroatoms. The molecule has 0 fully saturated rings. The maximum Gasteiger partial charge on any atom is 0.341 e. The third-order valence-corrected chi connectivity index (χ3v) is 4.79. The predicted octanol–water partition coefficient (Wildman–Crippen LogP) is 1.58. The first kappa shape index (κ1) is 20.4. The summed E-state index contributed by atoms with van der Waals surface area (Å²) in [6.45, 7) is 0.0617. The van der Waals surface area contributed by atoms with E-state index in [9.17, 15) is 13.2 Å². The van der Waals surface area contributed by atoms with Crippen molar-refractivity contribution in [1.82, 2.24) is 15.1 Å². The van der Waals surface area contributed by atoms with Crippen molar-refractivity contribution in [2.75, 3.05) is 13.7 Å². The van der Waals surface area contributed by atoms with E-state index < -0.39 is 16.0 Å². The lowest BCUT2D eigenvalue weighted by Crippen LogP contribution is -2.14. The third-order valence-electron chi connectivity index (χ3n) is 3.88. The minimum atomic E-state index is -3.96. The van der Waals surface area contributed by atoms with Crippen LogP contribution >= 0.6 is 0 Å². The van der Waals surface area contributed by atoms with E-state index in [0.29, 0.717) is 24.6 Å². The molecular formula is C18H18N4O6S. The number of nitrogens with two attached hydrogens (primary N) is 1. The van der Waals surface area contributed by atoms with Gasteiger partial charge in [-0.3, -0.25) is 4.98 Å². The molecule has 29 heavy (non-hydrogen) atoms. The van der Waals surface area contributed by atoms with E-state index >= 15 is 0 Å². The number of hydrogen-bond acceptors (Lipinski definition) is 9. The zero-order chi connectivity index (χ0) is 20.9. The summed E-state index contributed by atoms with van der Waals surface area (Å²) in [7, 11) is -2.60. The molecule has 2 aromatic heterocycles. The van der Waals surface area contributed by atoms with Crippen molar-refractivity contribution in [1.29, 1.82) is 0 Å². The van der Waals surface area contributed by atoms with Crippen LogP contribution in [-0.4, -0.2) is 43.2 Å². The summed E-state index contributed by atoms with van der Waals surface area (Å²) in [6, 6.07) is 7.29. The lowest BCUT2D eigenvalue weighted by atomic mass is 10.2. The van der Waals surface area contributed by atoms with Crippen LogP contribution in [0.25, 0.3) is 11.4 Å². The highest BCUT2D eigenvalue weighted by Crippen LogP contribution is 2.23. The number of carbonyl (C=O) groups is 1. The Balaban J connectivity index is 1.57. The average Bonchev–Trinajstić information content (AvgIpc) is 3.19. The van der Waals surface area contributed by atoms with Crippen molar-refractivity contribution < 1.29 is 27.2 Å². The van der Waals surface area contributed by atoms with E-state index in [0.717, 1.165) is 11.6 Å². The quantitative estimate of drug-likeness (QED) is 0.425. The topological polar surface area (TPSA) is 148 Å². The van der Waals surface area contributed by atoms with E-state index in [-0.39, 0.29) is 22.8 Å². The molecule has 10 nitrogen and oxygen atoms in total. The van der Waals surface area contributed by atoms with Gasteiger partial charge in [-0.1, -0.05) is 5.16 Å². The number of aryl methyl sites for hydroxylation is 1. The van der Waals surface area contributed by atoms with Crippen molar-refractivity contribution >= 4 is 16.0 Å². The van der Waals surface area contributed by atoms with Crippen LogP contribution < -0.4 is 9.88 Å². The smallest absolute Gasteiger partial charge is 0.341 e. The maximum atomic E-state index is 12.3. The molecule has 0 unspecified atom stereocenters. The fraction of sp³-hybridized carbons (Fsp3) is 0.222. The third kappa shape index (κ3) is 5.15. The molecule has 3 rings (SSSR count). The summed E-state index contributed by atoms with van der Waals surface area (Å²) in [6.07, 6.45) is 4.10. The number of benzene rings is 1. The lowest BCUT2D eigenvalue weighted by Gasteiger charge is -2.10. The van der Waals surface area contributed by atoms with Gasteiger partial charge in [0.25, 0.3) is 0 Å². The molecule has 0 amide bonds. The second-order valence-electron chi connectivity index (χ2n) is 5.90. The summed E-state index contributed by atoms with van der Waals surface area (Å²) in [4.78, 5) is 20.4. The minimum absolute atomic E-state index is 0.0318. The van der Waals surface area contributed by atoms with Gasteiger partial charge in [0, 0.05) is 24.4 Å². The second kappa shape index (κ2) is 8.80. The molecule has 0 saturated heterocycles. The average molecular weight is 418 g/mol. The normalized spacial score (nSPS) is 11.2. The number of ether oxygens (including phenoxy) is 2. The molecule has 0 aliphatic carbocycles. The summed E-state index contributed by atoms with van der Waals surface area (Å²) in [5.41, 5.74) is 0.700. The van der Waals surface area contributed by atoms with Crippen LogP contribution in [0.5, 0.6) is 5.75 Å². The number of sulfonamides is 1. The van der Waals surface area contributed by atoms with Gasteiger partial charge in [0.2, 0.25) is 21.7 Å². The number of nitrogens with zero attached hydrogens (tertiary/aromatic N) is 3. The van der Waals surface area contributed by atoms with Gasteiger partial charge in [0.1, 0.15) is 11.3 Å². The first-order chi connectivity index (χ1) is 13.9. The Morgan fingerprint density at radius 1 is 1.28 bits per heavy atom. The van der Waals surface area contributed by atoms with Crippen LogP contribution in [0.2, 0.25) is 0 Å². The number of aromatic nitrogens is 3. The number of methoxy groups -OCH3 is 1. The van der Waals surface area contributed by atoms with Crippen molar-refractivity contribution in [3.63, 3.8) is 0 Å². The van der Waals surface area contributed by atoms with Gasteiger partial charge in [-0.05, 0) is 36.8 Å². The largest absolute Gasteiger partial charge is 0.496 e. The van der Waals surface area contributed by atoms with Crippen LogP contribution in [0, 0.1) is 0 Å². The Morgan fingerprint density at radius 2 is 2.10 bits per heavy atom. The molecule has 2 N–H and O–H groups in total. The van der Waals surface area contributed by atoms with Crippen molar-refractivity contribution in [2.45, 2.75) is 17.7 Å². The number of pyridine rings is 1. The van der Waals surface area contributed by atoms with E-state index in [4.69, 9.17) is 19.1 Å². The fourth-order valence-corrected chi connectivity index (χ4v) is 3.00. The van der Waals surface area contributed by atoms with Gasteiger partial charge in [-0.2, -0.15) is 4.98 Å². The van der Waals surface area contributed by atoms with Crippen molar-refractivity contribution in [3.05, 3.63) is 54.2 Å². The molecule has 0 radical (unpaired) electrons. The summed E-state index contributed by atoms with van der Waals surface area (Å²) in [5.74, 6) is 0.276. The van der Waals surface area contributed by atoms with Crippen LogP contribution in [-0.2, 0) is 21.2 Å². The summed E-state index contributed by atoms with van der Waals surface area (Å²) < 4.78 is 38.4. The van der Waals surface area contributed by atoms with Gasteiger partial charge in [0.05, 0.1) is 18.6 Å². The SMILES string of the molecule is COc1ccc(S(N)(=O)=O)cc1C(=O)OCCCc1nc(-c2cccnc2)no1. The van der Waals surface area contributed by atoms with Crippen molar-refractivity contribution in [2.24, 2.45) is 5.14 Å². The second-order valence-corrected chi connectivity index (χ2v) is 7.46. The molecular weight excluding hydrogens is 400 g/mol. The molecule has 3 aromatic rings. The highest BCUT2D eigenvalue weighted by Gasteiger charge is 2.18. The van der Waals surface area contributed by atoms with Gasteiger partial charge in [0.15, 0.2) is 0 Å². The molecule has 0 aliphatic rings.